The zero-order valence-electron chi connectivity index (χ0n) is 15.8. The second-order valence-electron chi connectivity index (χ2n) is 7.17. The van der Waals surface area contributed by atoms with Gasteiger partial charge < -0.3 is 14.6 Å². The Bertz CT molecular complexity index is 1050. The number of benzene rings is 1. The number of rotatable bonds is 3. The number of fused-ring (bicyclic) bond motifs is 1. The fourth-order valence-electron chi connectivity index (χ4n) is 3.76. The quantitative estimate of drug-likeness (QED) is 0.695. The molecule has 0 saturated carbocycles. The first-order chi connectivity index (χ1) is 13.8. The van der Waals surface area contributed by atoms with Crippen LogP contribution in [0.2, 0.25) is 0 Å². The Hall–Kier alpha value is -3.03. The molecule has 3 heterocycles. The van der Waals surface area contributed by atoms with Gasteiger partial charge in [-0.15, -0.1) is 0 Å². The highest BCUT2D eigenvalue weighted by molar-refractivity contribution is 5.94. The van der Waals surface area contributed by atoms with E-state index in [9.17, 15) is 18.0 Å². The number of hydrogen-bond acceptors (Lipinski definition) is 3. The van der Waals surface area contributed by atoms with Crippen LogP contribution in [-0.4, -0.2) is 41.0 Å². The first-order valence-electron chi connectivity index (χ1n) is 9.35. The zero-order valence-corrected chi connectivity index (χ0v) is 15.8. The minimum atomic E-state index is -4.48. The maximum absolute atomic E-state index is 12.9. The van der Waals surface area contributed by atoms with Gasteiger partial charge in [0, 0.05) is 30.3 Å². The van der Waals surface area contributed by atoms with Crippen LogP contribution in [0.5, 0.6) is 5.75 Å². The van der Waals surface area contributed by atoms with Gasteiger partial charge in [-0.3, -0.25) is 4.79 Å². The summed E-state index contributed by atoms with van der Waals surface area (Å²) in [5, 5.41) is 0. The Balaban J connectivity index is 1.55. The van der Waals surface area contributed by atoms with Crippen molar-refractivity contribution in [2.75, 3.05) is 20.2 Å². The third-order valence-corrected chi connectivity index (χ3v) is 5.25. The number of methoxy groups -OCH3 is 1. The number of hydrogen-bond donors (Lipinski definition) is 1. The lowest BCUT2D eigenvalue weighted by atomic mass is 9.94. The molecule has 0 unspecified atom stereocenters. The number of alkyl halides is 3. The average Bonchev–Trinajstić information content (AvgIpc) is 3.16. The summed E-state index contributed by atoms with van der Waals surface area (Å²) in [6.45, 7) is 1.14. The van der Waals surface area contributed by atoms with E-state index in [4.69, 9.17) is 4.74 Å². The second kappa shape index (κ2) is 7.42. The van der Waals surface area contributed by atoms with E-state index in [1.807, 2.05) is 0 Å². The first-order valence-corrected chi connectivity index (χ1v) is 9.35. The predicted octanol–water partition coefficient (Wildman–Crippen LogP) is 4.61. The van der Waals surface area contributed by atoms with Crippen LogP contribution in [0.1, 0.15) is 40.5 Å². The molecule has 1 fully saturated rings. The normalized spacial score (nSPS) is 17.5. The van der Waals surface area contributed by atoms with Crippen molar-refractivity contribution in [2.45, 2.75) is 24.9 Å². The van der Waals surface area contributed by atoms with Gasteiger partial charge in [0.15, 0.2) is 0 Å². The summed E-state index contributed by atoms with van der Waals surface area (Å²) in [7, 11) is 1.55. The molecule has 1 saturated heterocycles. The molecule has 1 atom stereocenters. The molecule has 0 aliphatic carbocycles. The summed E-state index contributed by atoms with van der Waals surface area (Å²) < 4.78 is 43.9. The lowest BCUT2D eigenvalue weighted by Crippen LogP contribution is -2.39. The maximum atomic E-state index is 12.9. The average molecular weight is 403 g/mol. The second-order valence-corrected chi connectivity index (χ2v) is 7.17. The number of nitrogens with zero attached hydrogens (tertiary/aromatic N) is 2. The summed E-state index contributed by atoms with van der Waals surface area (Å²) in [6, 6.07) is 11.0. The summed E-state index contributed by atoms with van der Waals surface area (Å²) in [5.41, 5.74) is 1.29. The SMILES string of the molecule is COc1cccc(C(=O)N2CCC[C@H](c3cc4nc(C(F)(F)F)ccc4[nH]3)C2)c1. The molecule has 29 heavy (non-hydrogen) atoms. The minimum Gasteiger partial charge on any atom is -0.497 e. The van der Waals surface area contributed by atoms with Gasteiger partial charge in [-0.05, 0) is 49.2 Å². The largest absolute Gasteiger partial charge is 0.497 e. The molecule has 0 spiro atoms. The van der Waals surface area contributed by atoms with E-state index in [-0.39, 0.29) is 17.3 Å². The van der Waals surface area contributed by atoms with Crippen LogP contribution in [0.25, 0.3) is 11.0 Å². The molecule has 1 amide bonds. The minimum absolute atomic E-state index is 0.0156. The number of aromatic nitrogens is 2. The lowest BCUT2D eigenvalue weighted by Gasteiger charge is -2.32. The van der Waals surface area contributed by atoms with Gasteiger partial charge in [0.2, 0.25) is 0 Å². The number of carbonyl (C=O) groups is 1. The van der Waals surface area contributed by atoms with Crippen molar-refractivity contribution in [1.29, 1.82) is 0 Å². The summed E-state index contributed by atoms with van der Waals surface area (Å²) in [6.07, 6.45) is -2.81. The predicted molar refractivity (Wildman–Crippen MR) is 102 cm³/mol. The van der Waals surface area contributed by atoms with Crippen LogP contribution in [-0.2, 0) is 6.18 Å². The van der Waals surface area contributed by atoms with Crippen molar-refractivity contribution in [1.82, 2.24) is 14.9 Å². The molecule has 8 heteroatoms. The summed E-state index contributed by atoms with van der Waals surface area (Å²) >= 11 is 0. The van der Waals surface area contributed by atoms with E-state index in [0.717, 1.165) is 24.6 Å². The van der Waals surface area contributed by atoms with Crippen molar-refractivity contribution in [2.24, 2.45) is 0 Å². The molecule has 5 nitrogen and oxygen atoms in total. The highest BCUT2D eigenvalue weighted by Crippen LogP contribution is 2.32. The van der Waals surface area contributed by atoms with E-state index in [2.05, 4.69) is 9.97 Å². The van der Waals surface area contributed by atoms with Crippen LogP contribution in [0, 0.1) is 0 Å². The number of H-pyrrole nitrogens is 1. The summed E-state index contributed by atoms with van der Waals surface area (Å²) in [4.78, 5) is 21.6. The third-order valence-electron chi connectivity index (χ3n) is 5.25. The van der Waals surface area contributed by atoms with Crippen LogP contribution >= 0.6 is 0 Å². The Labute approximate surface area is 165 Å². The Morgan fingerprint density at radius 2 is 2.07 bits per heavy atom. The molecular weight excluding hydrogens is 383 g/mol. The monoisotopic (exact) mass is 403 g/mol. The Morgan fingerprint density at radius 3 is 2.83 bits per heavy atom. The van der Waals surface area contributed by atoms with Crippen LogP contribution in [0.15, 0.2) is 42.5 Å². The molecular formula is C21H20F3N3O2. The van der Waals surface area contributed by atoms with Crippen LogP contribution < -0.4 is 4.74 Å². The highest BCUT2D eigenvalue weighted by Gasteiger charge is 2.33. The highest BCUT2D eigenvalue weighted by atomic mass is 19.4. The van der Waals surface area contributed by atoms with E-state index in [1.54, 1.807) is 42.3 Å². The Kier molecular flexibility index (Phi) is 4.94. The fourth-order valence-corrected chi connectivity index (χ4v) is 3.76. The first kappa shape index (κ1) is 19.3. The van der Waals surface area contributed by atoms with Gasteiger partial charge in [-0.25, -0.2) is 4.98 Å². The lowest BCUT2D eigenvalue weighted by molar-refractivity contribution is -0.140. The van der Waals surface area contributed by atoms with Gasteiger partial charge in [-0.1, -0.05) is 6.07 Å². The summed E-state index contributed by atoms with van der Waals surface area (Å²) in [5.74, 6) is 0.551. The molecule has 4 rings (SSSR count). The smallest absolute Gasteiger partial charge is 0.433 e. The van der Waals surface area contributed by atoms with E-state index < -0.39 is 11.9 Å². The van der Waals surface area contributed by atoms with Crippen molar-refractivity contribution in [3.8, 4) is 5.75 Å². The number of ether oxygens (including phenoxy) is 1. The van der Waals surface area contributed by atoms with Crippen LogP contribution in [0.4, 0.5) is 13.2 Å². The maximum Gasteiger partial charge on any atom is 0.433 e. The number of pyridine rings is 1. The van der Waals surface area contributed by atoms with Crippen molar-refractivity contribution >= 4 is 16.9 Å². The standard InChI is InChI=1S/C21H20F3N3O2/c1-29-15-6-2-4-13(10-15)20(28)27-9-3-5-14(12-27)17-11-18-16(25-17)7-8-19(26-18)21(22,23)24/h2,4,6-8,10-11,14,25H,3,5,9,12H2,1H3/t14-/m0/s1. The van der Waals surface area contributed by atoms with E-state index in [0.29, 0.717) is 29.9 Å². The van der Waals surface area contributed by atoms with Gasteiger partial charge in [0.25, 0.3) is 5.91 Å². The molecule has 1 aliphatic heterocycles. The van der Waals surface area contributed by atoms with Crippen molar-refractivity contribution < 1.29 is 22.7 Å². The zero-order chi connectivity index (χ0) is 20.6. The van der Waals surface area contributed by atoms with Gasteiger partial charge in [0.05, 0.1) is 18.1 Å². The van der Waals surface area contributed by atoms with Crippen molar-refractivity contribution in [3.63, 3.8) is 0 Å². The van der Waals surface area contributed by atoms with Gasteiger partial charge >= 0.3 is 6.18 Å². The molecule has 1 N–H and O–H groups in total. The number of piperidine rings is 1. The fraction of sp³-hybridized carbons (Fsp3) is 0.333. The molecule has 1 aliphatic rings. The number of aromatic amines is 1. The van der Waals surface area contributed by atoms with Gasteiger partial charge in [-0.2, -0.15) is 13.2 Å². The number of likely N-dealkylation sites (tertiary alicyclic amines) is 1. The number of halogens is 3. The van der Waals surface area contributed by atoms with E-state index >= 15 is 0 Å². The number of carbonyl (C=O) groups excluding carboxylic acids is 1. The number of nitrogens with one attached hydrogen (secondary N) is 1. The van der Waals surface area contributed by atoms with E-state index in [1.165, 1.54) is 6.07 Å². The molecule has 3 aromatic rings. The third kappa shape index (κ3) is 3.92. The molecule has 0 bridgehead atoms. The molecule has 2 aromatic heterocycles. The topological polar surface area (TPSA) is 58.2 Å². The molecule has 152 valence electrons. The molecule has 0 radical (unpaired) electrons. The van der Waals surface area contributed by atoms with Crippen molar-refractivity contribution in [3.05, 3.63) is 59.4 Å². The molecule has 1 aromatic carbocycles. The Morgan fingerprint density at radius 1 is 1.24 bits per heavy atom. The van der Waals surface area contributed by atoms with Gasteiger partial charge in [0.1, 0.15) is 11.4 Å². The van der Waals surface area contributed by atoms with Crippen LogP contribution in [0.3, 0.4) is 0 Å². The number of amides is 1.